The maximum atomic E-state index is 11.5. The maximum absolute atomic E-state index is 11.5. The lowest BCUT2D eigenvalue weighted by Gasteiger charge is -2.40. The molecule has 9 heteroatoms. The van der Waals surface area contributed by atoms with Crippen molar-refractivity contribution < 1.29 is 32.0 Å². The number of fused-ring (bicyclic) bond motifs is 1. The van der Waals surface area contributed by atoms with Crippen molar-refractivity contribution in [3.63, 3.8) is 0 Å². The third-order valence-corrected chi connectivity index (χ3v) is 6.65. The number of rotatable bonds is 9. The summed E-state index contributed by atoms with van der Waals surface area (Å²) in [6, 6.07) is 21.7. The molecule has 1 aliphatic heterocycles. The molecule has 2 atom stereocenters. The zero-order chi connectivity index (χ0) is 24.8. The molecule has 1 aliphatic rings. The summed E-state index contributed by atoms with van der Waals surface area (Å²) in [6.07, 6.45) is 0.0796. The van der Waals surface area contributed by atoms with Crippen LogP contribution in [0, 0.1) is 0 Å². The first kappa shape index (κ1) is 25.0. The normalized spacial score (nSPS) is 18.5. The van der Waals surface area contributed by atoms with Crippen LogP contribution in [0.3, 0.4) is 0 Å². The van der Waals surface area contributed by atoms with E-state index in [2.05, 4.69) is 28.4 Å². The van der Waals surface area contributed by atoms with E-state index in [1.54, 1.807) is 12.1 Å². The zero-order valence-corrected chi connectivity index (χ0v) is 20.3. The summed E-state index contributed by atoms with van der Waals surface area (Å²) in [5, 5.41) is 13.8. The first-order valence-corrected chi connectivity index (χ1v) is 13.2. The highest BCUT2D eigenvalue weighted by atomic mass is 32.2. The van der Waals surface area contributed by atoms with Crippen molar-refractivity contribution in [2.75, 3.05) is 32.6 Å². The largest absolute Gasteiger partial charge is 0.530 e. The van der Waals surface area contributed by atoms with Gasteiger partial charge in [0.25, 0.3) is 10.1 Å². The van der Waals surface area contributed by atoms with Gasteiger partial charge in [0, 0.05) is 19.0 Å². The number of hydrogen-bond acceptors (Lipinski definition) is 7. The van der Waals surface area contributed by atoms with Crippen LogP contribution in [0.25, 0.3) is 10.8 Å². The van der Waals surface area contributed by atoms with E-state index >= 15 is 0 Å². The van der Waals surface area contributed by atoms with Crippen molar-refractivity contribution in [3.05, 3.63) is 77.9 Å². The van der Waals surface area contributed by atoms with Crippen molar-refractivity contribution in [3.8, 4) is 5.75 Å². The summed E-state index contributed by atoms with van der Waals surface area (Å²) in [5.41, 5.74) is 2.04. The second-order valence-corrected chi connectivity index (χ2v) is 10.2. The van der Waals surface area contributed by atoms with Gasteiger partial charge in [-0.25, -0.2) is 0 Å². The van der Waals surface area contributed by atoms with Crippen molar-refractivity contribution in [2.24, 2.45) is 0 Å². The maximum Gasteiger partial charge on any atom is 0.264 e. The molecule has 8 nitrogen and oxygen atoms in total. The van der Waals surface area contributed by atoms with Crippen LogP contribution < -0.4 is 9.84 Å². The van der Waals surface area contributed by atoms with Crippen LogP contribution in [0.5, 0.6) is 5.75 Å². The Morgan fingerprint density at radius 1 is 1.03 bits per heavy atom. The molecule has 4 rings (SSSR count). The fraction of sp³-hybridized carbons (Fsp3) is 0.346. The average molecular weight is 499 g/mol. The molecule has 186 valence electrons. The highest BCUT2D eigenvalue weighted by molar-refractivity contribution is 7.85. The fourth-order valence-electron chi connectivity index (χ4n) is 4.32. The highest BCUT2D eigenvalue weighted by Gasteiger charge is 2.31. The quantitative estimate of drug-likeness (QED) is 0.330. The number of benzene rings is 3. The molecule has 0 spiro atoms. The van der Waals surface area contributed by atoms with E-state index in [0.29, 0.717) is 25.3 Å². The first-order valence-electron chi connectivity index (χ1n) is 11.4. The van der Waals surface area contributed by atoms with Crippen LogP contribution in [0.15, 0.2) is 66.7 Å². The lowest BCUT2D eigenvalue weighted by molar-refractivity contribution is -0.268. The van der Waals surface area contributed by atoms with Crippen LogP contribution in [0.1, 0.15) is 23.5 Å². The summed E-state index contributed by atoms with van der Waals surface area (Å²) in [5.74, 6) is 0.598. The third kappa shape index (κ3) is 6.94. The van der Waals surface area contributed by atoms with Crippen molar-refractivity contribution in [2.45, 2.75) is 25.0 Å². The number of hydrogen-bond donors (Lipinski definition) is 0. The minimum atomic E-state index is -3.50. The Balaban J connectivity index is 1.42. The standard InChI is InChI=1S/C26H29NO7S/c1-35(30,31)34-15-14-32-23-10-8-21(9-11-23)24-12-13-27(26(28)29)17-25(24)33-18-19-6-7-20-4-2-3-5-22(20)16-19/h2-11,16,24-25H,12-15,17-18H2,1H3,(H,28,29)/p-1. The van der Waals surface area contributed by atoms with Crippen LogP contribution >= 0.6 is 0 Å². The number of nitrogens with zero attached hydrogens (tertiary/aromatic N) is 1. The molecule has 3 aromatic carbocycles. The average Bonchev–Trinajstić information content (AvgIpc) is 2.85. The van der Waals surface area contributed by atoms with Gasteiger partial charge in [-0.05, 0) is 46.5 Å². The molecule has 0 saturated carbocycles. The second-order valence-electron chi connectivity index (χ2n) is 8.58. The predicted molar refractivity (Wildman–Crippen MR) is 130 cm³/mol. The molecule has 2 unspecified atom stereocenters. The highest BCUT2D eigenvalue weighted by Crippen LogP contribution is 2.32. The number of likely N-dealkylation sites (tertiary alicyclic amines) is 1. The van der Waals surface area contributed by atoms with E-state index in [0.717, 1.165) is 28.2 Å². The molecule has 1 saturated heterocycles. The van der Waals surface area contributed by atoms with Gasteiger partial charge >= 0.3 is 0 Å². The summed E-state index contributed by atoms with van der Waals surface area (Å²) in [6.45, 7) is 1.03. The monoisotopic (exact) mass is 498 g/mol. The molecule has 0 aromatic heterocycles. The van der Waals surface area contributed by atoms with E-state index in [1.807, 2.05) is 30.3 Å². The molecule has 1 heterocycles. The Kier molecular flexibility index (Phi) is 7.90. The molecule has 1 fully saturated rings. The third-order valence-electron chi connectivity index (χ3n) is 6.05. The number of amides is 1. The van der Waals surface area contributed by atoms with Crippen molar-refractivity contribution >= 4 is 27.0 Å². The Labute approximate surface area is 205 Å². The lowest BCUT2D eigenvalue weighted by atomic mass is 9.87. The van der Waals surface area contributed by atoms with E-state index in [-0.39, 0.29) is 31.8 Å². The van der Waals surface area contributed by atoms with Crippen LogP contribution in [0.4, 0.5) is 4.79 Å². The van der Waals surface area contributed by atoms with Gasteiger partial charge in [-0.1, -0.05) is 48.5 Å². The minimum absolute atomic E-state index is 0.00803. The fourth-order valence-corrected chi connectivity index (χ4v) is 4.69. The Morgan fingerprint density at radius 3 is 2.49 bits per heavy atom. The minimum Gasteiger partial charge on any atom is -0.530 e. The molecule has 0 radical (unpaired) electrons. The summed E-state index contributed by atoms with van der Waals surface area (Å²) in [4.78, 5) is 12.8. The van der Waals surface area contributed by atoms with Crippen molar-refractivity contribution in [1.82, 2.24) is 4.90 Å². The molecule has 35 heavy (non-hydrogen) atoms. The van der Waals surface area contributed by atoms with Crippen LogP contribution in [-0.2, 0) is 25.6 Å². The Hall–Kier alpha value is -3.14. The number of carbonyl (C=O) groups is 1. The van der Waals surface area contributed by atoms with E-state index in [1.165, 1.54) is 4.90 Å². The zero-order valence-electron chi connectivity index (χ0n) is 19.5. The number of ether oxygens (including phenoxy) is 2. The summed E-state index contributed by atoms with van der Waals surface area (Å²) in [7, 11) is -3.50. The first-order chi connectivity index (χ1) is 16.8. The van der Waals surface area contributed by atoms with Gasteiger partial charge in [-0.2, -0.15) is 8.42 Å². The SMILES string of the molecule is CS(=O)(=O)OCCOc1ccc(C2CCN(C(=O)[O-])CC2OCc2ccc3ccccc3c2)cc1. The van der Waals surface area contributed by atoms with Gasteiger partial charge in [0.1, 0.15) is 25.1 Å². The topological polar surface area (TPSA) is 105 Å². The van der Waals surface area contributed by atoms with Gasteiger partial charge in [-0.3, -0.25) is 4.18 Å². The van der Waals surface area contributed by atoms with Crippen LogP contribution in [0.2, 0.25) is 0 Å². The summed E-state index contributed by atoms with van der Waals surface area (Å²) >= 11 is 0. The molecular formula is C26H28NO7S-. The lowest BCUT2D eigenvalue weighted by Crippen LogP contribution is -2.51. The Morgan fingerprint density at radius 2 is 1.77 bits per heavy atom. The Bertz CT molecular complexity index is 1260. The van der Waals surface area contributed by atoms with Gasteiger partial charge in [0.2, 0.25) is 0 Å². The smallest absolute Gasteiger partial charge is 0.264 e. The number of carboxylic acid groups (broad SMARTS) is 1. The molecule has 0 aliphatic carbocycles. The molecule has 3 aromatic rings. The molecule has 0 N–H and O–H groups in total. The van der Waals surface area contributed by atoms with Gasteiger partial charge in [0.15, 0.2) is 0 Å². The molecule has 0 bridgehead atoms. The second kappa shape index (κ2) is 11.1. The van der Waals surface area contributed by atoms with Gasteiger partial charge in [0.05, 0.1) is 19.0 Å². The molecular weight excluding hydrogens is 470 g/mol. The van der Waals surface area contributed by atoms with Crippen molar-refractivity contribution in [1.29, 1.82) is 0 Å². The van der Waals surface area contributed by atoms with E-state index in [9.17, 15) is 18.3 Å². The number of carbonyl (C=O) groups excluding carboxylic acids is 1. The summed E-state index contributed by atoms with van der Waals surface area (Å²) < 4.78 is 38.5. The van der Waals surface area contributed by atoms with Gasteiger partial charge in [-0.15, -0.1) is 0 Å². The predicted octanol–water partition coefficient (Wildman–Crippen LogP) is 2.91. The van der Waals surface area contributed by atoms with Gasteiger partial charge < -0.3 is 24.3 Å². The molecule has 1 amide bonds. The van der Waals surface area contributed by atoms with E-state index in [4.69, 9.17) is 9.47 Å². The van der Waals surface area contributed by atoms with E-state index < -0.39 is 16.2 Å². The van der Waals surface area contributed by atoms with Crippen LogP contribution in [-0.4, -0.2) is 58.1 Å². The number of piperidine rings is 1.